The summed E-state index contributed by atoms with van der Waals surface area (Å²) in [6, 6.07) is -0.226. The fraction of sp³-hybridized carbons (Fsp3) is 0.600. The van der Waals surface area contributed by atoms with Crippen molar-refractivity contribution in [3.63, 3.8) is 0 Å². The Morgan fingerprint density at radius 1 is 1.32 bits per heavy atom. The summed E-state index contributed by atoms with van der Waals surface area (Å²) in [6.07, 6.45) is 5.11. The molecule has 8 nitrogen and oxygen atoms in total. The third kappa shape index (κ3) is 3.34. The summed E-state index contributed by atoms with van der Waals surface area (Å²) < 4.78 is 26.4. The molecule has 0 aliphatic carbocycles. The van der Waals surface area contributed by atoms with Crippen LogP contribution in [-0.4, -0.2) is 70.1 Å². The van der Waals surface area contributed by atoms with Gasteiger partial charge in [-0.2, -0.15) is 4.98 Å². The van der Waals surface area contributed by atoms with E-state index >= 15 is 0 Å². The second-order valence-corrected chi connectivity index (χ2v) is 9.12. The maximum absolute atomic E-state index is 14.8. The number of anilines is 1. The molecular weight excluding hydrogens is 445 g/mol. The third-order valence-electron chi connectivity index (χ3n) is 6.25. The van der Waals surface area contributed by atoms with Gasteiger partial charge in [-0.1, -0.05) is 36.7 Å². The van der Waals surface area contributed by atoms with Gasteiger partial charge < -0.3 is 14.4 Å². The summed E-state index contributed by atoms with van der Waals surface area (Å²) in [6.45, 7) is 3.33. The summed E-state index contributed by atoms with van der Waals surface area (Å²) in [5.74, 6) is 0.139. The van der Waals surface area contributed by atoms with Crippen molar-refractivity contribution >= 4 is 46.2 Å². The third-order valence-corrected chi connectivity index (χ3v) is 7.05. The van der Waals surface area contributed by atoms with Gasteiger partial charge in [0, 0.05) is 6.54 Å². The SMILES string of the molecule is CCCCOC(=O)N1[C@@H]2CC[C@H]1C1COc3nc(Cl)c(F)c4nc(SC)nc(c34)N1C2. The molecule has 1 unspecified atom stereocenters. The van der Waals surface area contributed by atoms with Gasteiger partial charge in [-0.15, -0.1) is 0 Å². The first kappa shape index (κ1) is 20.8. The van der Waals surface area contributed by atoms with Gasteiger partial charge in [0.2, 0.25) is 5.88 Å². The molecule has 31 heavy (non-hydrogen) atoms. The van der Waals surface area contributed by atoms with E-state index in [2.05, 4.69) is 21.8 Å². The average molecular weight is 468 g/mol. The van der Waals surface area contributed by atoms with Crippen LogP contribution in [0.25, 0.3) is 10.9 Å². The lowest BCUT2D eigenvalue weighted by Crippen LogP contribution is -2.63. The van der Waals surface area contributed by atoms with Crippen LogP contribution in [0, 0.1) is 5.82 Å². The Morgan fingerprint density at radius 2 is 2.16 bits per heavy atom. The lowest BCUT2D eigenvalue weighted by molar-refractivity contribution is 0.0620. The first-order valence-corrected chi connectivity index (χ1v) is 12.1. The number of rotatable bonds is 4. The van der Waals surface area contributed by atoms with Gasteiger partial charge in [-0.3, -0.25) is 4.90 Å². The van der Waals surface area contributed by atoms with Crippen molar-refractivity contribution in [1.82, 2.24) is 19.9 Å². The molecule has 5 heterocycles. The van der Waals surface area contributed by atoms with Crippen LogP contribution < -0.4 is 9.64 Å². The topological polar surface area (TPSA) is 80.7 Å². The summed E-state index contributed by atoms with van der Waals surface area (Å²) >= 11 is 7.35. The second kappa shape index (κ2) is 8.12. The number of aromatic nitrogens is 3. The number of halogens is 2. The zero-order valence-electron chi connectivity index (χ0n) is 17.3. The number of amides is 1. The first-order chi connectivity index (χ1) is 15.0. The normalized spacial score (nSPS) is 24.1. The molecule has 0 N–H and O–H groups in total. The van der Waals surface area contributed by atoms with Crippen LogP contribution in [0.4, 0.5) is 15.0 Å². The predicted molar refractivity (Wildman–Crippen MR) is 116 cm³/mol. The fourth-order valence-electron chi connectivity index (χ4n) is 4.79. The van der Waals surface area contributed by atoms with E-state index in [-0.39, 0.29) is 47.4 Å². The van der Waals surface area contributed by atoms with Crippen LogP contribution in [0.15, 0.2) is 5.16 Å². The molecule has 11 heteroatoms. The van der Waals surface area contributed by atoms with Gasteiger partial charge in [0.1, 0.15) is 23.3 Å². The zero-order chi connectivity index (χ0) is 21.7. The number of nitrogens with zero attached hydrogens (tertiary/aromatic N) is 5. The summed E-state index contributed by atoms with van der Waals surface area (Å²) in [5, 5.41) is 0.603. The number of hydrogen-bond donors (Lipinski definition) is 0. The van der Waals surface area contributed by atoms with Crippen LogP contribution in [0.2, 0.25) is 5.15 Å². The number of fused-ring (bicyclic) bond motifs is 5. The molecule has 166 valence electrons. The quantitative estimate of drug-likeness (QED) is 0.290. The van der Waals surface area contributed by atoms with Gasteiger partial charge in [0.25, 0.3) is 0 Å². The van der Waals surface area contributed by atoms with E-state index in [1.807, 2.05) is 11.2 Å². The number of unbranched alkanes of at least 4 members (excludes halogenated alkanes) is 1. The molecule has 3 aliphatic rings. The number of thioether (sulfide) groups is 1. The Kier molecular flexibility index (Phi) is 5.45. The highest BCUT2D eigenvalue weighted by Gasteiger charge is 2.51. The maximum Gasteiger partial charge on any atom is 0.410 e. The van der Waals surface area contributed by atoms with E-state index in [9.17, 15) is 9.18 Å². The Morgan fingerprint density at radius 3 is 2.94 bits per heavy atom. The molecular formula is C20H23ClFN5O3S. The van der Waals surface area contributed by atoms with Crippen molar-refractivity contribution in [2.24, 2.45) is 0 Å². The minimum absolute atomic E-state index is 0.00442. The molecule has 5 rings (SSSR count). The van der Waals surface area contributed by atoms with Crippen LogP contribution in [0.1, 0.15) is 32.6 Å². The van der Waals surface area contributed by atoms with Crippen molar-refractivity contribution in [3.8, 4) is 5.88 Å². The highest BCUT2D eigenvalue weighted by molar-refractivity contribution is 7.98. The standard InChI is InChI=1S/C20H23ClFN5O3S/c1-3-4-7-29-20(28)27-10-5-6-11(27)12-9-30-18-13-15(14(22)16(21)24-18)23-19(31-2)25-17(13)26(12)8-10/h10-12H,3-9H2,1-2H3/t10-,11+,12?/m1/s1. The van der Waals surface area contributed by atoms with Crippen LogP contribution in [0.3, 0.4) is 0 Å². The zero-order valence-corrected chi connectivity index (χ0v) is 18.9. The van der Waals surface area contributed by atoms with Gasteiger partial charge in [-0.25, -0.2) is 19.2 Å². The second-order valence-electron chi connectivity index (χ2n) is 7.98. The number of ether oxygens (including phenoxy) is 2. The maximum atomic E-state index is 14.8. The van der Waals surface area contributed by atoms with E-state index in [0.717, 1.165) is 25.7 Å². The highest BCUT2D eigenvalue weighted by atomic mass is 35.5. The molecule has 0 aromatic carbocycles. The smallest absolute Gasteiger partial charge is 0.410 e. The molecule has 3 aliphatic heterocycles. The van der Waals surface area contributed by atoms with Crippen molar-refractivity contribution in [2.75, 3.05) is 30.9 Å². The number of piperazine rings is 1. The Hall–Kier alpha value is -2.07. The van der Waals surface area contributed by atoms with Gasteiger partial charge >= 0.3 is 6.09 Å². The first-order valence-electron chi connectivity index (χ1n) is 10.5. The largest absolute Gasteiger partial charge is 0.475 e. The highest BCUT2D eigenvalue weighted by Crippen LogP contribution is 2.44. The van der Waals surface area contributed by atoms with E-state index in [4.69, 9.17) is 26.1 Å². The van der Waals surface area contributed by atoms with E-state index in [0.29, 0.717) is 29.5 Å². The number of hydrogen-bond acceptors (Lipinski definition) is 8. The Balaban J connectivity index is 1.56. The molecule has 2 bridgehead atoms. The number of carbonyl (C=O) groups excluding carboxylic acids is 1. The molecule has 3 atom stereocenters. The molecule has 2 saturated heterocycles. The molecule has 0 spiro atoms. The molecule has 2 fully saturated rings. The number of pyridine rings is 1. The Bertz CT molecular complexity index is 1040. The summed E-state index contributed by atoms with van der Waals surface area (Å²) in [4.78, 5) is 30.0. The van der Waals surface area contributed by atoms with E-state index in [1.54, 1.807) is 0 Å². The lowest BCUT2D eigenvalue weighted by Gasteiger charge is -2.45. The van der Waals surface area contributed by atoms with Gasteiger partial charge in [0.15, 0.2) is 16.1 Å². The van der Waals surface area contributed by atoms with E-state index < -0.39 is 5.82 Å². The van der Waals surface area contributed by atoms with Crippen molar-refractivity contribution in [2.45, 2.75) is 55.9 Å². The summed E-state index contributed by atoms with van der Waals surface area (Å²) in [5.41, 5.74) is 0.110. The fourth-order valence-corrected chi connectivity index (χ4v) is 5.32. The average Bonchev–Trinajstić information content (AvgIpc) is 3.01. The molecule has 2 aromatic heterocycles. The molecule has 0 radical (unpaired) electrons. The Labute approximate surface area is 188 Å². The van der Waals surface area contributed by atoms with Crippen molar-refractivity contribution < 1.29 is 18.7 Å². The van der Waals surface area contributed by atoms with Crippen LogP contribution in [-0.2, 0) is 4.74 Å². The van der Waals surface area contributed by atoms with Crippen LogP contribution in [0.5, 0.6) is 5.88 Å². The van der Waals surface area contributed by atoms with Crippen molar-refractivity contribution in [3.05, 3.63) is 11.0 Å². The number of carbonyl (C=O) groups is 1. The molecule has 1 amide bonds. The van der Waals surface area contributed by atoms with E-state index in [1.165, 1.54) is 11.8 Å². The predicted octanol–water partition coefficient (Wildman–Crippen LogP) is 3.89. The van der Waals surface area contributed by atoms with Crippen molar-refractivity contribution in [1.29, 1.82) is 0 Å². The minimum atomic E-state index is -0.678. The molecule has 0 saturated carbocycles. The summed E-state index contributed by atoms with van der Waals surface area (Å²) in [7, 11) is 0. The molecule has 2 aromatic rings. The lowest BCUT2D eigenvalue weighted by atomic mass is 10.0. The van der Waals surface area contributed by atoms with Gasteiger partial charge in [-0.05, 0) is 25.5 Å². The monoisotopic (exact) mass is 467 g/mol. The van der Waals surface area contributed by atoms with Crippen LogP contribution >= 0.6 is 23.4 Å². The van der Waals surface area contributed by atoms with Gasteiger partial charge in [0.05, 0.1) is 24.7 Å². The minimum Gasteiger partial charge on any atom is -0.475 e.